The number of hydrogen-bond donors (Lipinski definition) is 2. The van der Waals surface area contributed by atoms with Gasteiger partial charge in [-0.15, -0.1) is 0 Å². The van der Waals surface area contributed by atoms with Crippen LogP contribution < -0.4 is 10.6 Å². The molecule has 0 aliphatic heterocycles. The molecule has 2 heterocycles. The van der Waals surface area contributed by atoms with Crippen molar-refractivity contribution in [1.82, 2.24) is 10.3 Å². The van der Waals surface area contributed by atoms with Crippen LogP contribution in [0.1, 0.15) is 11.3 Å². The zero-order valence-corrected chi connectivity index (χ0v) is 10.3. The van der Waals surface area contributed by atoms with E-state index in [1.54, 1.807) is 12.5 Å². The van der Waals surface area contributed by atoms with Crippen molar-refractivity contribution in [2.24, 2.45) is 0 Å². The Morgan fingerprint density at radius 3 is 3.06 bits per heavy atom. The highest BCUT2D eigenvalue weighted by molar-refractivity contribution is 7.80. The molecule has 0 atom stereocenters. The summed E-state index contributed by atoms with van der Waals surface area (Å²) in [5, 5.41) is 6.58. The summed E-state index contributed by atoms with van der Waals surface area (Å²) in [6.07, 6.45) is 3.38. The maximum absolute atomic E-state index is 5.19. The van der Waals surface area contributed by atoms with E-state index in [0.29, 0.717) is 11.7 Å². The molecule has 0 fully saturated rings. The number of rotatable bonds is 3. The van der Waals surface area contributed by atoms with E-state index in [1.165, 1.54) is 0 Å². The maximum atomic E-state index is 5.19. The van der Waals surface area contributed by atoms with E-state index in [-0.39, 0.29) is 0 Å². The van der Waals surface area contributed by atoms with Crippen molar-refractivity contribution in [3.8, 4) is 0 Å². The van der Waals surface area contributed by atoms with Gasteiger partial charge in [0.25, 0.3) is 0 Å². The first-order valence-electron chi connectivity index (χ1n) is 5.24. The molecular weight excluding hydrogens is 234 g/mol. The molecule has 0 radical (unpaired) electrons. The number of nitrogens with zero attached hydrogens (tertiary/aromatic N) is 1. The van der Waals surface area contributed by atoms with Gasteiger partial charge in [0.2, 0.25) is 0 Å². The number of aromatic nitrogens is 1. The zero-order valence-electron chi connectivity index (χ0n) is 9.43. The van der Waals surface area contributed by atoms with Crippen molar-refractivity contribution in [3.63, 3.8) is 0 Å². The lowest BCUT2D eigenvalue weighted by atomic mass is 10.3. The van der Waals surface area contributed by atoms with Gasteiger partial charge in [0.1, 0.15) is 11.6 Å². The van der Waals surface area contributed by atoms with Gasteiger partial charge in [0.15, 0.2) is 5.11 Å². The van der Waals surface area contributed by atoms with Gasteiger partial charge in [-0.1, -0.05) is 0 Å². The number of pyridine rings is 1. The lowest BCUT2D eigenvalue weighted by Crippen LogP contribution is -2.28. The lowest BCUT2D eigenvalue weighted by molar-refractivity contribution is 0.503. The summed E-state index contributed by atoms with van der Waals surface area (Å²) >= 11 is 5.15. The minimum absolute atomic E-state index is 0.527. The highest BCUT2D eigenvalue weighted by Crippen LogP contribution is 2.05. The SMILES string of the molecule is Cc1ccnc(NC(=S)NCc2ccco2)c1. The number of hydrogen-bond acceptors (Lipinski definition) is 3. The van der Waals surface area contributed by atoms with Crippen LogP contribution in [0.4, 0.5) is 5.82 Å². The Morgan fingerprint density at radius 1 is 1.47 bits per heavy atom. The topological polar surface area (TPSA) is 50.1 Å². The summed E-state index contributed by atoms with van der Waals surface area (Å²) in [6.45, 7) is 2.57. The summed E-state index contributed by atoms with van der Waals surface area (Å²) in [6, 6.07) is 7.60. The van der Waals surface area contributed by atoms with Crippen LogP contribution in [-0.4, -0.2) is 10.1 Å². The van der Waals surface area contributed by atoms with Crippen molar-refractivity contribution in [2.45, 2.75) is 13.5 Å². The molecule has 17 heavy (non-hydrogen) atoms. The summed E-state index contributed by atoms with van der Waals surface area (Å²) in [5.41, 5.74) is 1.14. The number of thiocarbonyl (C=S) groups is 1. The molecule has 0 saturated carbocycles. The fourth-order valence-corrected chi connectivity index (χ4v) is 1.52. The molecule has 0 aliphatic rings. The van der Waals surface area contributed by atoms with Gasteiger partial charge in [0, 0.05) is 6.20 Å². The Bertz CT molecular complexity index is 496. The Kier molecular flexibility index (Phi) is 3.72. The smallest absolute Gasteiger partial charge is 0.172 e. The molecule has 2 N–H and O–H groups in total. The number of nitrogens with one attached hydrogen (secondary N) is 2. The molecule has 0 unspecified atom stereocenters. The van der Waals surface area contributed by atoms with Gasteiger partial charge in [-0.3, -0.25) is 0 Å². The molecule has 0 saturated heterocycles. The van der Waals surface area contributed by atoms with Gasteiger partial charge < -0.3 is 15.1 Å². The van der Waals surface area contributed by atoms with Crippen LogP contribution >= 0.6 is 12.2 Å². The summed E-state index contributed by atoms with van der Waals surface area (Å²) in [5.74, 6) is 1.58. The second kappa shape index (κ2) is 5.45. The molecule has 0 bridgehead atoms. The fourth-order valence-electron chi connectivity index (χ4n) is 1.35. The van der Waals surface area contributed by atoms with E-state index in [1.807, 2.05) is 31.2 Å². The second-order valence-electron chi connectivity index (χ2n) is 3.61. The third-order valence-electron chi connectivity index (χ3n) is 2.16. The molecule has 0 amide bonds. The average Bonchev–Trinajstić information content (AvgIpc) is 2.79. The first-order chi connectivity index (χ1) is 8.24. The van der Waals surface area contributed by atoms with Crippen LogP contribution in [0.5, 0.6) is 0 Å². The fraction of sp³-hybridized carbons (Fsp3) is 0.167. The maximum Gasteiger partial charge on any atom is 0.172 e. The molecule has 0 aromatic carbocycles. The third kappa shape index (κ3) is 3.57. The van der Waals surface area contributed by atoms with Gasteiger partial charge in [-0.05, 0) is 49.0 Å². The number of aryl methyl sites for hydroxylation is 1. The molecule has 2 aromatic rings. The van der Waals surface area contributed by atoms with Crippen molar-refractivity contribution in [1.29, 1.82) is 0 Å². The summed E-state index contributed by atoms with van der Waals surface area (Å²) in [4.78, 5) is 4.16. The van der Waals surface area contributed by atoms with E-state index in [0.717, 1.165) is 17.1 Å². The Labute approximate surface area is 105 Å². The first-order valence-corrected chi connectivity index (χ1v) is 5.65. The number of anilines is 1. The monoisotopic (exact) mass is 247 g/mol. The van der Waals surface area contributed by atoms with E-state index in [4.69, 9.17) is 16.6 Å². The first kappa shape index (κ1) is 11.6. The highest BCUT2D eigenvalue weighted by Gasteiger charge is 2.00. The van der Waals surface area contributed by atoms with Crippen LogP contribution in [-0.2, 0) is 6.54 Å². The normalized spacial score (nSPS) is 9.94. The minimum atomic E-state index is 0.527. The summed E-state index contributed by atoms with van der Waals surface area (Å²) in [7, 11) is 0. The van der Waals surface area contributed by atoms with Crippen LogP contribution in [0.3, 0.4) is 0 Å². The molecule has 2 aromatic heterocycles. The Balaban J connectivity index is 1.85. The van der Waals surface area contributed by atoms with Gasteiger partial charge in [-0.25, -0.2) is 4.98 Å². The standard InChI is InChI=1S/C12H13N3OS/c1-9-4-5-13-11(7-9)15-12(17)14-8-10-3-2-6-16-10/h2-7H,8H2,1H3,(H2,13,14,15,17). The Hall–Kier alpha value is -1.88. The van der Waals surface area contributed by atoms with E-state index in [2.05, 4.69) is 15.6 Å². The lowest BCUT2D eigenvalue weighted by Gasteiger charge is -2.08. The molecule has 4 nitrogen and oxygen atoms in total. The summed E-state index contributed by atoms with van der Waals surface area (Å²) < 4.78 is 5.19. The van der Waals surface area contributed by atoms with E-state index < -0.39 is 0 Å². The number of furan rings is 1. The minimum Gasteiger partial charge on any atom is -0.467 e. The molecular formula is C12H13N3OS. The second-order valence-corrected chi connectivity index (χ2v) is 4.01. The van der Waals surface area contributed by atoms with Crippen LogP contribution in [0, 0.1) is 6.92 Å². The molecule has 0 aliphatic carbocycles. The predicted octanol–water partition coefficient (Wildman–Crippen LogP) is 2.47. The average molecular weight is 247 g/mol. The van der Waals surface area contributed by atoms with Crippen molar-refractivity contribution in [2.75, 3.05) is 5.32 Å². The van der Waals surface area contributed by atoms with E-state index in [9.17, 15) is 0 Å². The molecule has 88 valence electrons. The third-order valence-corrected chi connectivity index (χ3v) is 2.41. The van der Waals surface area contributed by atoms with Crippen LogP contribution in [0.25, 0.3) is 0 Å². The van der Waals surface area contributed by atoms with Gasteiger partial charge >= 0.3 is 0 Å². The zero-order chi connectivity index (χ0) is 12.1. The molecule has 0 spiro atoms. The van der Waals surface area contributed by atoms with Crippen molar-refractivity contribution in [3.05, 3.63) is 48.0 Å². The largest absolute Gasteiger partial charge is 0.467 e. The van der Waals surface area contributed by atoms with Gasteiger partial charge in [-0.2, -0.15) is 0 Å². The highest BCUT2D eigenvalue weighted by atomic mass is 32.1. The molecule has 2 rings (SSSR count). The predicted molar refractivity (Wildman–Crippen MR) is 70.7 cm³/mol. The van der Waals surface area contributed by atoms with Gasteiger partial charge in [0.05, 0.1) is 12.8 Å². The Morgan fingerprint density at radius 2 is 2.35 bits per heavy atom. The van der Waals surface area contributed by atoms with Crippen LogP contribution in [0.2, 0.25) is 0 Å². The quantitative estimate of drug-likeness (QED) is 0.816. The molecule has 5 heteroatoms. The van der Waals surface area contributed by atoms with E-state index >= 15 is 0 Å². The van der Waals surface area contributed by atoms with Crippen molar-refractivity contribution < 1.29 is 4.42 Å². The van der Waals surface area contributed by atoms with Crippen molar-refractivity contribution >= 4 is 23.1 Å². The van der Waals surface area contributed by atoms with Crippen LogP contribution in [0.15, 0.2) is 41.1 Å².